The van der Waals surface area contributed by atoms with Crippen LogP contribution in [0.3, 0.4) is 0 Å². The van der Waals surface area contributed by atoms with E-state index in [9.17, 15) is 13.2 Å². The van der Waals surface area contributed by atoms with Crippen LogP contribution in [-0.4, -0.2) is 20.9 Å². The summed E-state index contributed by atoms with van der Waals surface area (Å²) < 4.78 is 28.5. The lowest BCUT2D eigenvalue weighted by molar-refractivity contribution is 0.0945. The first-order valence-electron chi connectivity index (χ1n) is 10.3. The number of hydrogen-bond acceptors (Lipinski definition) is 3. The first-order chi connectivity index (χ1) is 13.8. The molecule has 1 atom stereocenters. The van der Waals surface area contributed by atoms with Gasteiger partial charge in [0.15, 0.2) is 0 Å². The van der Waals surface area contributed by atoms with Crippen molar-refractivity contribution in [3.8, 4) is 0 Å². The lowest BCUT2D eigenvalue weighted by Crippen LogP contribution is -2.29. The smallest absolute Gasteiger partial charge is 0.262 e. The van der Waals surface area contributed by atoms with E-state index in [0.29, 0.717) is 29.3 Å². The first kappa shape index (κ1) is 22.9. The number of hydrogen-bond donors (Lipinski definition) is 2. The van der Waals surface area contributed by atoms with Crippen molar-refractivity contribution >= 4 is 21.6 Å². The van der Waals surface area contributed by atoms with Crippen LogP contribution in [0.4, 0.5) is 5.69 Å². The highest BCUT2D eigenvalue weighted by molar-refractivity contribution is 7.92. The molecule has 0 heterocycles. The van der Waals surface area contributed by atoms with Crippen LogP contribution < -0.4 is 10.0 Å². The number of sulfonamides is 1. The van der Waals surface area contributed by atoms with Crippen LogP contribution in [0.15, 0.2) is 47.4 Å². The zero-order chi connectivity index (χ0) is 21.4. The first-order valence-corrected chi connectivity index (χ1v) is 11.7. The molecule has 0 saturated carbocycles. The van der Waals surface area contributed by atoms with E-state index < -0.39 is 10.0 Å². The summed E-state index contributed by atoms with van der Waals surface area (Å²) in [5.74, 6) is 0.197. The number of carbonyl (C=O) groups excluding carboxylic acids is 1. The Balaban J connectivity index is 2.18. The van der Waals surface area contributed by atoms with Gasteiger partial charge in [-0.2, -0.15) is 0 Å². The zero-order valence-corrected chi connectivity index (χ0v) is 18.6. The summed E-state index contributed by atoms with van der Waals surface area (Å²) in [4.78, 5) is 12.7. The molecule has 0 saturated heterocycles. The SMILES string of the molecule is CCCCC(CC)CNC(=O)c1ccc(C)c(S(=O)(=O)Nc2ccccc2C)c1. The molecule has 158 valence electrons. The van der Waals surface area contributed by atoms with Gasteiger partial charge in [-0.05, 0) is 55.5 Å². The van der Waals surface area contributed by atoms with Gasteiger partial charge in [-0.3, -0.25) is 9.52 Å². The quantitative estimate of drug-likeness (QED) is 0.569. The minimum Gasteiger partial charge on any atom is -0.352 e. The molecular weight excluding hydrogens is 384 g/mol. The Morgan fingerprint density at radius 3 is 2.41 bits per heavy atom. The van der Waals surface area contributed by atoms with Gasteiger partial charge in [0.25, 0.3) is 15.9 Å². The number of aryl methyl sites for hydroxylation is 2. The zero-order valence-electron chi connectivity index (χ0n) is 17.8. The lowest BCUT2D eigenvalue weighted by atomic mass is 9.99. The van der Waals surface area contributed by atoms with E-state index in [2.05, 4.69) is 23.9 Å². The largest absolute Gasteiger partial charge is 0.352 e. The summed E-state index contributed by atoms with van der Waals surface area (Å²) >= 11 is 0. The molecular formula is C23H32N2O3S. The van der Waals surface area contributed by atoms with Crippen LogP contribution in [0.25, 0.3) is 0 Å². The summed E-state index contributed by atoms with van der Waals surface area (Å²) in [6.07, 6.45) is 4.37. The highest BCUT2D eigenvalue weighted by Gasteiger charge is 2.20. The van der Waals surface area contributed by atoms with E-state index in [1.807, 2.05) is 19.1 Å². The van der Waals surface area contributed by atoms with Gasteiger partial charge in [-0.15, -0.1) is 0 Å². The third kappa shape index (κ3) is 6.32. The van der Waals surface area contributed by atoms with Gasteiger partial charge in [-0.25, -0.2) is 8.42 Å². The number of carbonyl (C=O) groups is 1. The summed E-state index contributed by atoms with van der Waals surface area (Å²) in [5.41, 5.74) is 2.31. The van der Waals surface area contributed by atoms with Crippen molar-refractivity contribution in [2.24, 2.45) is 5.92 Å². The van der Waals surface area contributed by atoms with Gasteiger partial charge in [0.1, 0.15) is 0 Å². The molecule has 2 rings (SSSR count). The fourth-order valence-electron chi connectivity index (χ4n) is 3.20. The second kappa shape index (κ2) is 10.4. The standard InChI is InChI=1S/C23H32N2O3S/c1-5-7-11-19(6-2)16-24-23(26)20-14-13-18(4)22(15-20)29(27,28)25-21-12-9-8-10-17(21)3/h8-10,12-15,19,25H,5-7,11,16H2,1-4H3,(H,24,26). The van der Waals surface area contributed by atoms with Crippen molar-refractivity contribution in [1.29, 1.82) is 0 Å². The van der Waals surface area contributed by atoms with E-state index >= 15 is 0 Å². The van der Waals surface area contributed by atoms with E-state index in [4.69, 9.17) is 0 Å². The molecule has 5 nitrogen and oxygen atoms in total. The normalized spacial score (nSPS) is 12.4. The minimum absolute atomic E-state index is 0.117. The molecule has 0 aromatic heterocycles. The van der Waals surface area contributed by atoms with E-state index in [1.165, 1.54) is 6.07 Å². The topological polar surface area (TPSA) is 75.3 Å². The number of rotatable bonds is 10. The molecule has 0 spiro atoms. The lowest BCUT2D eigenvalue weighted by Gasteiger charge is -2.16. The molecule has 2 N–H and O–H groups in total. The summed E-state index contributed by atoms with van der Waals surface area (Å²) in [7, 11) is -3.80. The number of unbranched alkanes of at least 4 members (excludes halogenated alkanes) is 1. The molecule has 0 aliphatic heterocycles. The van der Waals surface area contributed by atoms with E-state index in [-0.39, 0.29) is 10.8 Å². The molecule has 0 bridgehead atoms. The van der Waals surface area contributed by atoms with Gasteiger partial charge >= 0.3 is 0 Å². The average molecular weight is 417 g/mol. The van der Waals surface area contributed by atoms with E-state index in [0.717, 1.165) is 31.2 Å². The number of anilines is 1. The molecule has 1 unspecified atom stereocenters. The number of para-hydroxylation sites is 1. The van der Waals surface area contributed by atoms with Crippen LogP contribution in [-0.2, 0) is 10.0 Å². The summed E-state index contributed by atoms with van der Waals surface area (Å²) in [5, 5.41) is 2.96. The molecule has 0 fully saturated rings. The van der Waals surface area contributed by atoms with Crippen molar-refractivity contribution < 1.29 is 13.2 Å². The molecule has 2 aromatic carbocycles. The van der Waals surface area contributed by atoms with Crippen molar-refractivity contribution in [3.63, 3.8) is 0 Å². The Morgan fingerprint density at radius 2 is 1.76 bits per heavy atom. The van der Waals surface area contributed by atoms with Crippen LogP contribution in [0, 0.1) is 19.8 Å². The van der Waals surface area contributed by atoms with Crippen molar-refractivity contribution in [2.75, 3.05) is 11.3 Å². The van der Waals surface area contributed by atoms with Crippen LogP contribution in [0.5, 0.6) is 0 Å². The Hall–Kier alpha value is -2.34. The molecule has 6 heteroatoms. The molecule has 0 radical (unpaired) electrons. The monoisotopic (exact) mass is 416 g/mol. The summed E-state index contributed by atoms with van der Waals surface area (Å²) in [6, 6.07) is 12.0. The average Bonchev–Trinajstić information content (AvgIpc) is 2.69. The maximum atomic E-state index is 12.9. The Labute approximate surface area is 175 Å². The third-order valence-electron chi connectivity index (χ3n) is 5.22. The molecule has 0 aliphatic carbocycles. The van der Waals surface area contributed by atoms with Gasteiger partial charge in [0.2, 0.25) is 0 Å². The number of benzene rings is 2. The van der Waals surface area contributed by atoms with Crippen molar-refractivity contribution in [1.82, 2.24) is 5.32 Å². The Bertz CT molecular complexity index is 939. The third-order valence-corrected chi connectivity index (χ3v) is 6.73. The molecule has 0 aliphatic rings. The fraction of sp³-hybridized carbons (Fsp3) is 0.435. The van der Waals surface area contributed by atoms with Gasteiger partial charge < -0.3 is 5.32 Å². The Kier molecular flexibility index (Phi) is 8.26. The Morgan fingerprint density at radius 1 is 1.03 bits per heavy atom. The highest BCUT2D eigenvalue weighted by Crippen LogP contribution is 2.23. The second-order valence-electron chi connectivity index (χ2n) is 7.53. The highest BCUT2D eigenvalue weighted by atomic mass is 32.2. The van der Waals surface area contributed by atoms with Crippen LogP contribution >= 0.6 is 0 Å². The maximum absolute atomic E-state index is 12.9. The molecule has 29 heavy (non-hydrogen) atoms. The summed E-state index contributed by atoms with van der Waals surface area (Å²) in [6.45, 7) is 8.46. The fourth-order valence-corrected chi connectivity index (χ4v) is 4.60. The molecule has 1 amide bonds. The molecule has 2 aromatic rings. The second-order valence-corrected chi connectivity index (χ2v) is 9.18. The van der Waals surface area contributed by atoms with Crippen molar-refractivity contribution in [3.05, 3.63) is 59.2 Å². The van der Waals surface area contributed by atoms with Gasteiger partial charge in [0, 0.05) is 12.1 Å². The van der Waals surface area contributed by atoms with Crippen LogP contribution in [0.1, 0.15) is 61.0 Å². The minimum atomic E-state index is -3.80. The maximum Gasteiger partial charge on any atom is 0.262 e. The predicted octanol–water partition coefficient (Wildman–Crippen LogP) is 5.05. The van der Waals surface area contributed by atoms with E-state index in [1.54, 1.807) is 31.2 Å². The number of amides is 1. The van der Waals surface area contributed by atoms with Gasteiger partial charge in [0.05, 0.1) is 10.6 Å². The number of nitrogens with one attached hydrogen (secondary N) is 2. The van der Waals surface area contributed by atoms with Crippen molar-refractivity contribution in [2.45, 2.75) is 58.3 Å². The van der Waals surface area contributed by atoms with Gasteiger partial charge in [-0.1, -0.05) is 57.4 Å². The predicted molar refractivity (Wildman–Crippen MR) is 119 cm³/mol. The van der Waals surface area contributed by atoms with Crippen LogP contribution in [0.2, 0.25) is 0 Å².